The average molecular weight is 207 g/mol. The summed E-state index contributed by atoms with van der Waals surface area (Å²) in [5.74, 6) is 1.85. The molecule has 1 unspecified atom stereocenters. The summed E-state index contributed by atoms with van der Waals surface area (Å²) in [6, 6.07) is 0. The predicted octanol–water partition coefficient (Wildman–Crippen LogP) is 2.93. The smallest absolute Gasteiger partial charge is 0.0962 e. The second-order valence-corrected chi connectivity index (χ2v) is 4.46. The summed E-state index contributed by atoms with van der Waals surface area (Å²) in [7, 11) is 1.78. The molecule has 1 fully saturated rings. The second kappa shape index (κ2) is 4.73. The van der Waals surface area contributed by atoms with Gasteiger partial charge in [-0.05, 0) is 31.4 Å². The first-order chi connectivity index (χ1) is 7.35. The Morgan fingerprint density at radius 2 is 2.33 bits per heavy atom. The van der Waals surface area contributed by atoms with Crippen molar-refractivity contribution in [3.8, 4) is 0 Å². The van der Waals surface area contributed by atoms with Crippen LogP contribution >= 0.6 is 0 Å². The van der Waals surface area contributed by atoms with Gasteiger partial charge in [0.1, 0.15) is 0 Å². The van der Waals surface area contributed by atoms with Crippen LogP contribution in [0.3, 0.4) is 0 Å². The maximum absolute atomic E-state index is 5.33. The Morgan fingerprint density at radius 3 is 3.07 bits per heavy atom. The highest BCUT2D eigenvalue weighted by Gasteiger charge is 2.27. The zero-order chi connectivity index (χ0) is 10.7. The highest BCUT2D eigenvalue weighted by Crippen LogP contribution is 2.35. The monoisotopic (exact) mass is 207 g/mol. The molecule has 0 aromatic rings. The minimum Gasteiger partial charge on any atom is -0.501 e. The molecule has 0 N–H and O–H groups in total. The molecule has 0 spiro atoms. The van der Waals surface area contributed by atoms with Crippen LogP contribution in [0.25, 0.3) is 0 Å². The first kappa shape index (κ1) is 10.6. The predicted molar refractivity (Wildman–Crippen MR) is 62.4 cm³/mol. The molecule has 1 saturated heterocycles. The number of rotatable bonds is 3. The molecule has 0 aromatic heterocycles. The molecule has 2 heteroatoms. The molecule has 0 saturated carbocycles. The first-order valence-corrected chi connectivity index (χ1v) is 6.04. The van der Waals surface area contributed by atoms with E-state index < -0.39 is 0 Å². The van der Waals surface area contributed by atoms with Crippen LogP contribution in [0.2, 0.25) is 0 Å². The fraction of sp³-hybridized carbons (Fsp3) is 0.692. The Balaban J connectivity index is 2.12. The van der Waals surface area contributed by atoms with E-state index in [9.17, 15) is 0 Å². The molecule has 1 aliphatic carbocycles. The number of ether oxygens (including phenoxy) is 1. The lowest BCUT2D eigenvalue weighted by atomic mass is 9.87. The van der Waals surface area contributed by atoms with Crippen molar-refractivity contribution >= 4 is 0 Å². The number of hydrogen-bond donors (Lipinski definition) is 0. The fourth-order valence-corrected chi connectivity index (χ4v) is 2.66. The van der Waals surface area contributed by atoms with Crippen LogP contribution in [0.4, 0.5) is 0 Å². The standard InChI is InChI=1S/C13H21NO/c1-3-8-14-9-4-5-11-10-12(15-2)6-7-13(11)14/h6-7,11H,3-5,8-10H2,1-2H3. The van der Waals surface area contributed by atoms with Gasteiger partial charge in [0.05, 0.1) is 12.9 Å². The molecule has 2 aliphatic rings. The van der Waals surface area contributed by atoms with E-state index in [-0.39, 0.29) is 0 Å². The van der Waals surface area contributed by atoms with Gasteiger partial charge < -0.3 is 9.64 Å². The number of likely N-dealkylation sites (tertiary alicyclic amines) is 1. The summed E-state index contributed by atoms with van der Waals surface area (Å²) >= 11 is 0. The maximum atomic E-state index is 5.33. The Kier molecular flexibility index (Phi) is 3.34. The van der Waals surface area contributed by atoms with Gasteiger partial charge in [-0.1, -0.05) is 6.92 Å². The molecule has 15 heavy (non-hydrogen) atoms. The zero-order valence-electron chi connectivity index (χ0n) is 9.83. The summed E-state index contributed by atoms with van der Waals surface area (Å²) in [6.45, 7) is 4.70. The van der Waals surface area contributed by atoms with Crippen molar-refractivity contribution < 1.29 is 4.74 Å². The van der Waals surface area contributed by atoms with Gasteiger partial charge in [0.25, 0.3) is 0 Å². The Bertz CT molecular complexity index is 278. The van der Waals surface area contributed by atoms with Crippen molar-refractivity contribution in [3.63, 3.8) is 0 Å². The lowest BCUT2D eigenvalue weighted by molar-refractivity contribution is 0.204. The third-order valence-corrected chi connectivity index (χ3v) is 3.41. The molecule has 1 aliphatic heterocycles. The van der Waals surface area contributed by atoms with Crippen LogP contribution in [-0.2, 0) is 4.74 Å². The fourth-order valence-electron chi connectivity index (χ4n) is 2.66. The van der Waals surface area contributed by atoms with Crippen molar-refractivity contribution in [1.29, 1.82) is 0 Å². The van der Waals surface area contributed by atoms with Gasteiger partial charge in [-0.25, -0.2) is 0 Å². The number of hydrogen-bond acceptors (Lipinski definition) is 2. The van der Waals surface area contributed by atoms with E-state index >= 15 is 0 Å². The first-order valence-electron chi connectivity index (χ1n) is 6.04. The van der Waals surface area contributed by atoms with Crippen LogP contribution in [0.5, 0.6) is 0 Å². The van der Waals surface area contributed by atoms with E-state index in [0.29, 0.717) is 5.92 Å². The maximum Gasteiger partial charge on any atom is 0.0962 e. The molecule has 84 valence electrons. The van der Waals surface area contributed by atoms with Gasteiger partial charge in [-0.2, -0.15) is 0 Å². The van der Waals surface area contributed by atoms with E-state index in [4.69, 9.17) is 4.74 Å². The lowest BCUT2D eigenvalue weighted by Gasteiger charge is -2.38. The number of fused-ring (bicyclic) bond motifs is 1. The number of methoxy groups -OCH3 is 1. The molecule has 2 rings (SSSR count). The second-order valence-electron chi connectivity index (χ2n) is 4.46. The van der Waals surface area contributed by atoms with Gasteiger partial charge in [-0.15, -0.1) is 0 Å². The third kappa shape index (κ3) is 2.19. The minimum atomic E-state index is 0.713. The van der Waals surface area contributed by atoms with Crippen LogP contribution in [0.1, 0.15) is 32.6 Å². The molecule has 1 heterocycles. The number of nitrogens with zero attached hydrogens (tertiary/aromatic N) is 1. The summed E-state index contributed by atoms with van der Waals surface area (Å²) in [4.78, 5) is 2.55. The summed E-state index contributed by atoms with van der Waals surface area (Å²) < 4.78 is 5.33. The minimum absolute atomic E-state index is 0.713. The van der Waals surface area contributed by atoms with Gasteiger partial charge in [-0.3, -0.25) is 0 Å². The molecule has 0 radical (unpaired) electrons. The Morgan fingerprint density at radius 1 is 1.47 bits per heavy atom. The third-order valence-electron chi connectivity index (χ3n) is 3.41. The Labute approximate surface area is 92.6 Å². The normalized spacial score (nSPS) is 25.5. The molecular formula is C13H21NO. The van der Waals surface area contributed by atoms with Gasteiger partial charge in [0.2, 0.25) is 0 Å². The average Bonchev–Trinajstić information content (AvgIpc) is 2.29. The van der Waals surface area contributed by atoms with E-state index in [0.717, 1.165) is 12.2 Å². The lowest BCUT2D eigenvalue weighted by Crippen LogP contribution is -2.35. The summed E-state index contributed by atoms with van der Waals surface area (Å²) in [5, 5.41) is 0. The molecule has 1 atom stereocenters. The van der Waals surface area contributed by atoms with E-state index in [1.165, 1.54) is 32.4 Å². The van der Waals surface area contributed by atoms with Crippen LogP contribution in [0.15, 0.2) is 23.6 Å². The van der Waals surface area contributed by atoms with E-state index in [1.807, 2.05) is 0 Å². The molecule has 0 amide bonds. The van der Waals surface area contributed by atoms with E-state index in [1.54, 1.807) is 12.8 Å². The quantitative estimate of drug-likeness (QED) is 0.705. The highest BCUT2D eigenvalue weighted by molar-refractivity contribution is 5.24. The van der Waals surface area contributed by atoms with Crippen LogP contribution < -0.4 is 0 Å². The largest absolute Gasteiger partial charge is 0.501 e. The van der Waals surface area contributed by atoms with Crippen LogP contribution in [-0.4, -0.2) is 25.1 Å². The van der Waals surface area contributed by atoms with Gasteiger partial charge >= 0.3 is 0 Å². The molecule has 0 aromatic carbocycles. The molecule has 0 bridgehead atoms. The van der Waals surface area contributed by atoms with Gasteiger partial charge in [0, 0.05) is 31.1 Å². The molecular weight excluding hydrogens is 186 g/mol. The zero-order valence-corrected chi connectivity index (χ0v) is 9.83. The van der Waals surface area contributed by atoms with Crippen LogP contribution in [0, 0.1) is 5.92 Å². The van der Waals surface area contributed by atoms with E-state index in [2.05, 4.69) is 24.0 Å². The van der Waals surface area contributed by atoms with Crippen molar-refractivity contribution in [1.82, 2.24) is 4.90 Å². The van der Waals surface area contributed by atoms with Crippen molar-refractivity contribution in [2.45, 2.75) is 32.6 Å². The number of allylic oxidation sites excluding steroid dienone is 4. The summed E-state index contributed by atoms with van der Waals surface area (Å²) in [5.41, 5.74) is 1.55. The molecule has 2 nitrogen and oxygen atoms in total. The summed E-state index contributed by atoms with van der Waals surface area (Å²) in [6.07, 6.45) is 9.40. The van der Waals surface area contributed by atoms with Crippen molar-refractivity contribution in [2.75, 3.05) is 20.2 Å². The SMILES string of the molecule is CCCN1CCCC2CC(OC)=CC=C21. The van der Waals surface area contributed by atoms with Crippen molar-refractivity contribution in [3.05, 3.63) is 23.6 Å². The van der Waals surface area contributed by atoms with Gasteiger partial charge in [0.15, 0.2) is 0 Å². The highest BCUT2D eigenvalue weighted by atomic mass is 16.5. The number of piperidine rings is 1. The topological polar surface area (TPSA) is 12.5 Å². The van der Waals surface area contributed by atoms with Crippen molar-refractivity contribution in [2.24, 2.45) is 5.92 Å². The Hall–Kier alpha value is -0.920.